The third kappa shape index (κ3) is 5.19. The van der Waals surface area contributed by atoms with E-state index in [4.69, 9.17) is 9.97 Å². The first-order valence-corrected chi connectivity index (χ1v) is 12.9. The van der Waals surface area contributed by atoms with E-state index >= 15 is 0 Å². The molecule has 8 nitrogen and oxygen atoms in total. The molecule has 1 fully saturated rings. The van der Waals surface area contributed by atoms with Crippen molar-refractivity contribution in [3.63, 3.8) is 0 Å². The average Bonchev–Trinajstić information content (AvgIpc) is 3.20. The SMILES string of the molecule is Cc1nc(Nc2ncc(F)c(-c3cc(C)c4nc(C)n(C(C)C)c4c3)n2)ccc1CN1CCN(C)CC1. The average molecular weight is 503 g/mol. The maximum Gasteiger partial charge on any atom is 0.229 e. The lowest BCUT2D eigenvalue weighted by molar-refractivity contribution is 0.148. The van der Waals surface area contributed by atoms with E-state index in [1.165, 1.54) is 11.8 Å². The summed E-state index contributed by atoms with van der Waals surface area (Å²) < 4.78 is 17.1. The predicted octanol–water partition coefficient (Wildman–Crippen LogP) is 5.02. The maximum atomic E-state index is 15.0. The van der Waals surface area contributed by atoms with Crippen LogP contribution in [0.2, 0.25) is 0 Å². The number of likely N-dealkylation sites (N-methyl/N-ethyl adjacent to an activating group) is 1. The Morgan fingerprint density at radius 2 is 1.76 bits per heavy atom. The van der Waals surface area contributed by atoms with E-state index in [1.54, 1.807) is 0 Å². The zero-order chi connectivity index (χ0) is 26.3. The van der Waals surface area contributed by atoms with Crippen LogP contribution in [0, 0.1) is 26.6 Å². The Bertz CT molecular complexity index is 1440. The van der Waals surface area contributed by atoms with E-state index in [-0.39, 0.29) is 11.7 Å². The van der Waals surface area contributed by atoms with Crippen molar-refractivity contribution < 1.29 is 4.39 Å². The second-order valence-electron chi connectivity index (χ2n) is 10.3. The Labute approximate surface area is 217 Å². The molecule has 0 bridgehead atoms. The lowest BCUT2D eigenvalue weighted by Gasteiger charge is -2.32. The summed E-state index contributed by atoms with van der Waals surface area (Å²) in [7, 11) is 2.16. The number of hydrogen-bond donors (Lipinski definition) is 1. The third-order valence-corrected chi connectivity index (χ3v) is 7.12. The number of aromatic nitrogens is 5. The van der Waals surface area contributed by atoms with Gasteiger partial charge in [0.15, 0.2) is 5.82 Å². The summed E-state index contributed by atoms with van der Waals surface area (Å²) >= 11 is 0. The molecule has 0 atom stereocenters. The highest BCUT2D eigenvalue weighted by Gasteiger charge is 2.18. The highest BCUT2D eigenvalue weighted by atomic mass is 19.1. The number of pyridine rings is 1. The van der Waals surface area contributed by atoms with Gasteiger partial charge in [-0.3, -0.25) is 4.90 Å². The van der Waals surface area contributed by atoms with E-state index in [0.717, 1.165) is 60.8 Å². The zero-order valence-corrected chi connectivity index (χ0v) is 22.5. The number of aryl methyl sites for hydroxylation is 3. The molecule has 1 N–H and O–H groups in total. The molecule has 194 valence electrons. The predicted molar refractivity (Wildman–Crippen MR) is 146 cm³/mol. The largest absolute Gasteiger partial charge is 0.326 e. The highest BCUT2D eigenvalue weighted by Crippen LogP contribution is 2.31. The molecule has 0 radical (unpaired) electrons. The monoisotopic (exact) mass is 502 g/mol. The fourth-order valence-electron chi connectivity index (χ4n) is 5.09. The Hall–Kier alpha value is -3.43. The molecule has 0 unspecified atom stereocenters. The van der Waals surface area contributed by atoms with Crippen molar-refractivity contribution in [2.24, 2.45) is 0 Å². The van der Waals surface area contributed by atoms with E-state index in [1.807, 2.05) is 39.0 Å². The number of anilines is 2. The Morgan fingerprint density at radius 3 is 2.46 bits per heavy atom. The Balaban J connectivity index is 1.40. The van der Waals surface area contributed by atoms with Gasteiger partial charge in [-0.05, 0) is 71.0 Å². The molecule has 1 aliphatic rings. The molecule has 37 heavy (non-hydrogen) atoms. The van der Waals surface area contributed by atoms with Gasteiger partial charge < -0.3 is 14.8 Å². The van der Waals surface area contributed by atoms with Crippen molar-refractivity contribution in [1.29, 1.82) is 0 Å². The molecule has 3 aromatic heterocycles. The molecule has 0 aliphatic carbocycles. The maximum absolute atomic E-state index is 15.0. The van der Waals surface area contributed by atoms with E-state index in [9.17, 15) is 4.39 Å². The molecule has 1 saturated heterocycles. The zero-order valence-electron chi connectivity index (χ0n) is 22.5. The van der Waals surface area contributed by atoms with Crippen LogP contribution < -0.4 is 5.32 Å². The first-order chi connectivity index (χ1) is 17.7. The van der Waals surface area contributed by atoms with E-state index in [0.29, 0.717) is 17.3 Å². The topological polar surface area (TPSA) is 75.0 Å². The van der Waals surface area contributed by atoms with Gasteiger partial charge in [0.05, 0.1) is 17.2 Å². The number of hydrogen-bond acceptors (Lipinski definition) is 7. The fraction of sp³-hybridized carbons (Fsp3) is 0.429. The second-order valence-corrected chi connectivity index (χ2v) is 10.3. The lowest BCUT2D eigenvalue weighted by atomic mass is 10.1. The number of fused-ring (bicyclic) bond motifs is 1. The summed E-state index contributed by atoms with van der Waals surface area (Å²) in [5, 5.41) is 3.17. The summed E-state index contributed by atoms with van der Waals surface area (Å²) in [5.74, 6) is 1.41. The molecule has 4 aromatic rings. The van der Waals surface area contributed by atoms with Crippen molar-refractivity contribution >= 4 is 22.8 Å². The minimum atomic E-state index is -0.469. The summed E-state index contributed by atoms with van der Waals surface area (Å²) in [4.78, 5) is 23.0. The van der Waals surface area contributed by atoms with Crippen LogP contribution in [-0.4, -0.2) is 67.5 Å². The van der Waals surface area contributed by atoms with E-state index < -0.39 is 5.82 Å². The summed E-state index contributed by atoms with van der Waals surface area (Å²) in [6.45, 7) is 15.4. The summed E-state index contributed by atoms with van der Waals surface area (Å²) in [6.07, 6.45) is 1.21. The number of benzene rings is 1. The highest BCUT2D eigenvalue weighted by molar-refractivity contribution is 5.85. The third-order valence-electron chi connectivity index (χ3n) is 7.12. The van der Waals surface area contributed by atoms with Crippen molar-refractivity contribution in [3.05, 3.63) is 58.9 Å². The number of nitrogens with zero attached hydrogens (tertiary/aromatic N) is 7. The first kappa shape index (κ1) is 25.2. The number of halogens is 1. The van der Waals surface area contributed by atoms with Crippen LogP contribution >= 0.6 is 0 Å². The quantitative estimate of drug-likeness (QED) is 0.397. The molecule has 9 heteroatoms. The van der Waals surface area contributed by atoms with Gasteiger partial charge >= 0.3 is 0 Å². The fourth-order valence-corrected chi connectivity index (χ4v) is 5.09. The summed E-state index contributed by atoms with van der Waals surface area (Å²) in [5.41, 5.74) is 6.00. The molecule has 4 heterocycles. The second kappa shape index (κ2) is 10.1. The minimum absolute atomic E-state index is 0.237. The van der Waals surface area contributed by atoms with Crippen molar-refractivity contribution in [2.45, 2.75) is 47.2 Å². The van der Waals surface area contributed by atoms with Crippen LogP contribution in [0.25, 0.3) is 22.3 Å². The van der Waals surface area contributed by atoms with Gasteiger partial charge in [0, 0.05) is 50.0 Å². The van der Waals surface area contributed by atoms with Crippen molar-refractivity contribution in [2.75, 3.05) is 38.5 Å². The molecular formula is C28H35FN8. The molecule has 1 aliphatic heterocycles. The van der Waals surface area contributed by atoms with Crippen LogP contribution in [0.4, 0.5) is 16.2 Å². The van der Waals surface area contributed by atoms with Gasteiger partial charge in [0.25, 0.3) is 0 Å². The van der Waals surface area contributed by atoms with Crippen molar-refractivity contribution in [3.8, 4) is 11.3 Å². The smallest absolute Gasteiger partial charge is 0.229 e. The number of piperazine rings is 1. The normalized spacial score (nSPS) is 15.1. The van der Waals surface area contributed by atoms with Gasteiger partial charge in [-0.25, -0.2) is 24.3 Å². The molecule has 0 saturated carbocycles. The number of nitrogens with one attached hydrogen (secondary N) is 1. The van der Waals surface area contributed by atoms with Gasteiger partial charge in [-0.1, -0.05) is 6.07 Å². The van der Waals surface area contributed by atoms with Gasteiger partial charge in [0.2, 0.25) is 5.95 Å². The molecular weight excluding hydrogens is 467 g/mol. The number of imidazole rings is 1. The van der Waals surface area contributed by atoms with Crippen LogP contribution in [0.5, 0.6) is 0 Å². The minimum Gasteiger partial charge on any atom is -0.326 e. The standard InChI is InChI=1S/C28H35FN8/c1-17(2)37-20(5)32-26-18(3)13-22(14-24(26)37)27-23(29)15-30-28(34-27)33-25-8-7-21(19(4)31-25)16-36-11-9-35(6)10-12-36/h7-8,13-15,17H,9-12,16H2,1-6H3,(H,30,31,33,34). The van der Waals surface area contributed by atoms with E-state index in [2.05, 4.69) is 56.6 Å². The van der Waals surface area contributed by atoms with Gasteiger partial charge in [0.1, 0.15) is 17.3 Å². The molecule has 5 rings (SSSR count). The number of rotatable bonds is 6. The molecule has 0 amide bonds. The Kier molecular flexibility index (Phi) is 6.92. The van der Waals surface area contributed by atoms with Gasteiger partial charge in [-0.15, -0.1) is 0 Å². The van der Waals surface area contributed by atoms with Crippen LogP contribution in [-0.2, 0) is 6.54 Å². The van der Waals surface area contributed by atoms with Crippen LogP contribution in [0.1, 0.15) is 42.5 Å². The van der Waals surface area contributed by atoms with Crippen LogP contribution in [0.3, 0.4) is 0 Å². The lowest BCUT2D eigenvalue weighted by Crippen LogP contribution is -2.44. The summed E-state index contributed by atoms with van der Waals surface area (Å²) in [6, 6.07) is 8.17. The molecule has 1 aromatic carbocycles. The molecule has 0 spiro atoms. The Morgan fingerprint density at radius 1 is 1.00 bits per heavy atom. The van der Waals surface area contributed by atoms with Crippen molar-refractivity contribution in [1.82, 2.24) is 34.3 Å². The van der Waals surface area contributed by atoms with Gasteiger partial charge in [-0.2, -0.15) is 0 Å². The first-order valence-electron chi connectivity index (χ1n) is 12.9. The van der Waals surface area contributed by atoms with Crippen LogP contribution in [0.15, 0.2) is 30.5 Å².